The van der Waals surface area contributed by atoms with Gasteiger partial charge >= 0.3 is 0 Å². The largest absolute Gasteiger partial charge is 0.455 e. The van der Waals surface area contributed by atoms with E-state index in [4.69, 9.17) is 4.42 Å². The lowest BCUT2D eigenvalue weighted by molar-refractivity contribution is -0.385. The summed E-state index contributed by atoms with van der Waals surface area (Å²) in [6.45, 7) is 3.48. The second kappa shape index (κ2) is 10.2. The molecule has 4 rings (SSSR count). The van der Waals surface area contributed by atoms with Crippen molar-refractivity contribution in [3.8, 4) is 11.3 Å². The molecule has 0 radical (unpaired) electrons. The molecule has 0 atom stereocenters. The SMILES string of the molecule is Cc1cc([N+](=O)[O-])c(C)cc1-c1ccc(C=NNc2nc(Nc3ccc(F)cc3)nc(N(C)C)n2)o1. The van der Waals surface area contributed by atoms with Gasteiger partial charge in [0.1, 0.15) is 17.3 Å². The zero-order chi connectivity index (χ0) is 25.8. The molecule has 0 saturated carbocycles. The number of hydrazone groups is 1. The van der Waals surface area contributed by atoms with E-state index in [2.05, 4.69) is 30.8 Å². The number of hydrogen-bond donors (Lipinski definition) is 2. The lowest BCUT2D eigenvalue weighted by Crippen LogP contribution is -2.15. The number of nitro benzene ring substituents is 1. The Bertz CT molecular complexity index is 1430. The van der Waals surface area contributed by atoms with Crippen LogP contribution in [0.5, 0.6) is 0 Å². The van der Waals surface area contributed by atoms with Gasteiger partial charge in [0.2, 0.25) is 17.8 Å². The van der Waals surface area contributed by atoms with Crippen LogP contribution >= 0.6 is 0 Å². The monoisotopic (exact) mass is 490 g/mol. The van der Waals surface area contributed by atoms with Crippen LogP contribution in [0.2, 0.25) is 0 Å². The van der Waals surface area contributed by atoms with Crippen molar-refractivity contribution in [3.05, 3.63) is 81.3 Å². The van der Waals surface area contributed by atoms with Crippen LogP contribution in [0, 0.1) is 29.8 Å². The molecule has 2 aromatic carbocycles. The summed E-state index contributed by atoms with van der Waals surface area (Å²) in [5, 5.41) is 18.3. The van der Waals surface area contributed by atoms with E-state index < -0.39 is 4.92 Å². The molecule has 0 aliphatic heterocycles. The summed E-state index contributed by atoms with van der Waals surface area (Å²) >= 11 is 0. The van der Waals surface area contributed by atoms with E-state index in [-0.39, 0.29) is 23.4 Å². The average Bonchev–Trinajstić information content (AvgIpc) is 3.30. The van der Waals surface area contributed by atoms with E-state index in [1.807, 2.05) is 0 Å². The van der Waals surface area contributed by atoms with E-state index in [0.29, 0.717) is 28.7 Å². The number of benzene rings is 2. The Morgan fingerprint density at radius 1 is 1.03 bits per heavy atom. The number of nitrogens with one attached hydrogen (secondary N) is 2. The van der Waals surface area contributed by atoms with E-state index >= 15 is 0 Å². The Morgan fingerprint density at radius 2 is 1.75 bits per heavy atom. The highest BCUT2D eigenvalue weighted by Crippen LogP contribution is 2.31. The number of hydrogen-bond acceptors (Lipinski definition) is 10. The van der Waals surface area contributed by atoms with Crippen molar-refractivity contribution in [1.29, 1.82) is 0 Å². The summed E-state index contributed by atoms with van der Waals surface area (Å²) in [7, 11) is 3.58. The van der Waals surface area contributed by atoms with Gasteiger partial charge in [0.05, 0.1) is 11.1 Å². The molecule has 0 bridgehead atoms. The van der Waals surface area contributed by atoms with Gasteiger partial charge < -0.3 is 14.6 Å². The Balaban J connectivity index is 1.51. The molecule has 4 aromatic rings. The topological polar surface area (TPSA) is 135 Å². The maximum atomic E-state index is 13.2. The molecule has 0 spiro atoms. The Kier molecular flexibility index (Phi) is 6.86. The first-order valence-electron chi connectivity index (χ1n) is 10.8. The fourth-order valence-electron chi connectivity index (χ4n) is 3.32. The second-order valence-electron chi connectivity index (χ2n) is 8.09. The number of rotatable bonds is 8. The first-order valence-corrected chi connectivity index (χ1v) is 10.8. The Hall–Kier alpha value is -4.87. The normalized spacial score (nSPS) is 11.0. The standard InChI is InChI=1S/C24H23FN8O3/c1-14-12-20(33(34)35)15(2)11-19(14)21-10-9-18(36-21)13-26-31-23-28-22(29-24(30-23)32(3)4)27-17-7-5-16(25)6-8-17/h5-13H,1-4H3,(H2,27,28,29,30,31). The number of nitrogens with zero attached hydrogens (tertiary/aromatic N) is 6. The quantitative estimate of drug-likeness (QED) is 0.198. The van der Waals surface area contributed by atoms with Crippen LogP contribution in [-0.2, 0) is 0 Å². The molecular weight excluding hydrogens is 467 g/mol. The van der Waals surface area contributed by atoms with Crippen molar-refractivity contribution >= 4 is 35.4 Å². The van der Waals surface area contributed by atoms with Crippen LogP contribution in [0.4, 0.5) is 33.6 Å². The molecule has 2 N–H and O–H groups in total. The number of anilines is 4. The minimum absolute atomic E-state index is 0.0662. The lowest BCUT2D eigenvalue weighted by Gasteiger charge is -2.13. The first-order chi connectivity index (χ1) is 17.2. The molecule has 12 heteroatoms. The van der Waals surface area contributed by atoms with E-state index in [1.165, 1.54) is 24.4 Å². The molecule has 2 heterocycles. The highest BCUT2D eigenvalue weighted by Gasteiger charge is 2.16. The van der Waals surface area contributed by atoms with Crippen LogP contribution in [-0.4, -0.2) is 40.2 Å². The lowest BCUT2D eigenvalue weighted by atomic mass is 10.0. The summed E-state index contributed by atoms with van der Waals surface area (Å²) in [4.78, 5) is 25.4. The smallest absolute Gasteiger partial charge is 0.272 e. The number of nitro groups is 1. The third-order valence-corrected chi connectivity index (χ3v) is 5.11. The van der Waals surface area contributed by atoms with Gasteiger partial charge in [-0.3, -0.25) is 10.1 Å². The van der Waals surface area contributed by atoms with Crippen molar-refractivity contribution < 1.29 is 13.7 Å². The Labute approximate surface area is 205 Å². The molecule has 2 aromatic heterocycles. The van der Waals surface area contributed by atoms with Crippen LogP contribution in [0.1, 0.15) is 16.9 Å². The van der Waals surface area contributed by atoms with Gasteiger partial charge in [-0.25, -0.2) is 9.82 Å². The fourth-order valence-corrected chi connectivity index (χ4v) is 3.32. The average molecular weight is 490 g/mol. The molecule has 0 amide bonds. The molecule has 184 valence electrons. The minimum atomic E-state index is -0.401. The predicted octanol–water partition coefficient (Wildman–Crippen LogP) is 5.05. The first kappa shape index (κ1) is 24.3. The van der Waals surface area contributed by atoms with Crippen molar-refractivity contribution in [1.82, 2.24) is 15.0 Å². The molecule has 0 fully saturated rings. The van der Waals surface area contributed by atoms with Crippen LogP contribution < -0.4 is 15.6 Å². The van der Waals surface area contributed by atoms with E-state index in [9.17, 15) is 14.5 Å². The molecule has 0 unspecified atom stereocenters. The molecular formula is C24H23FN8O3. The molecule has 0 aliphatic carbocycles. The number of furan rings is 1. The zero-order valence-corrected chi connectivity index (χ0v) is 20.0. The summed E-state index contributed by atoms with van der Waals surface area (Å²) < 4.78 is 19.0. The summed E-state index contributed by atoms with van der Waals surface area (Å²) in [5.41, 5.74) is 5.47. The maximum Gasteiger partial charge on any atom is 0.272 e. The van der Waals surface area contributed by atoms with Gasteiger partial charge in [-0.2, -0.15) is 20.1 Å². The molecule has 36 heavy (non-hydrogen) atoms. The summed E-state index contributed by atoms with van der Waals surface area (Å²) in [6.07, 6.45) is 1.46. The zero-order valence-electron chi connectivity index (χ0n) is 20.0. The minimum Gasteiger partial charge on any atom is -0.455 e. The number of aromatic nitrogens is 3. The number of halogens is 1. The summed E-state index contributed by atoms with van der Waals surface area (Å²) in [6, 6.07) is 12.6. The maximum absolute atomic E-state index is 13.2. The highest BCUT2D eigenvalue weighted by atomic mass is 19.1. The Morgan fingerprint density at radius 3 is 2.44 bits per heavy atom. The van der Waals surface area contributed by atoms with Crippen LogP contribution in [0.3, 0.4) is 0 Å². The fraction of sp³-hybridized carbons (Fsp3) is 0.167. The van der Waals surface area contributed by atoms with Gasteiger partial charge in [-0.05, 0) is 61.9 Å². The van der Waals surface area contributed by atoms with Gasteiger partial charge in [0.15, 0.2) is 0 Å². The molecule has 0 saturated heterocycles. The van der Waals surface area contributed by atoms with Crippen molar-refractivity contribution in [2.45, 2.75) is 13.8 Å². The van der Waals surface area contributed by atoms with Gasteiger partial charge in [0.25, 0.3) is 5.69 Å². The molecule has 0 aliphatic rings. The third-order valence-electron chi connectivity index (χ3n) is 5.11. The third kappa shape index (κ3) is 5.60. The second-order valence-corrected chi connectivity index (χ2v) is 8.09. The predicted molar refractivity (Wildman–Crippen MR) is 135 cm³/mol. The summed E-state index contributed by atoms with van der Waals surface area (Å²) in [5.74, 6) is 1.50. The van der Waals surface area contributed by atoms with Gasteiger partial charge in [-0.15, -0.1) is 0 Å². The van der Waals surface area contributed by atoms with Crippen LogP contribution in [0.15, 0.2) is 58.0 Å². The van der Waals surface area contributed by atoms with Gasteiger partial charge in [0, 0.05) is 37.0 Å². The highest BCUT2D eigenvalue weighted by molar-refractivity contribution is 5.78. The van der Waals surface area contributed by atoms with E-state index in [0.717, 1.165) is 11.1 Å². The number of aryl methyl sites for hydroxylation is 2. The molecule has 11 nitrogen and oxygen atoms in total. The van der Waals surface area contributed by atoms with Crippen molar-refractivity contribution in [2.24, 2.45) is 5.10 Å². The van der Waals surface area contributed by atoms with Crippen molar-refractivity contribution in [2.75, 3.05) is 29.7 Å². The van der Waals surface area contributed by atoms with Crippen molar-refractivity contribution in [3.63, 3.8) is 0 Å². The van der Waals surface area contributed by atoms with E-state index in [1.54, 1.807) is 63.2 Å². The van der Waals surface area contributed by atoms with Crippen LogP contribution in [0.25, 0.3) is 11.3 Å². The van der Waals surface area contributed by atoms with Gasteiger partial charge in [-0.1, -0.05) is 0 Å².